The Labute approximate surface area is 174 Å². The summed E-state index contributed by atoms with van der Waals surface area (Å²) in [7, 11) is 1.56. The molecule has 0 aliphatic carbocycles. The highest BCUT2D eigenvalue weighted by Crippen LogP contribution is 2.19. The van der Waals surface area contributed by atoms with Gasteiger partial charge in [0.15, 0.2) is 0 Å². The summed E-state index contributed by atoms with van der Waals surface area (Å²) in [6.45, 7) is 0.107. The largest absolute Gasteiger partial charge is 0.497 e. The quantitative estimate of drug-likeness (QED) is 0.448. The van der Waals surface area contributed by atoms with Gasteiger partial charge < -0.3 is 14.8 Å². The third-order valence-electron chi connectivity index (χ3n) is 4.26. The zero-order valence-electron chi connectivity index (χ0n) is 16.3. The van der Waals surface area contributed by atoms with E-state index in [1.54, 1.807) is 73.8 Å². The number of rotatable bonds is 7. The van der Waals surface area contributed by atoms with Crippen LogP contribution >= 0.6 is 0 Å². The second-order valence-electron chi connectivity index (χ2n) is 6.30. The number of halogens is 1. The predicted octanol–water partition coefficient (Wildman–Crippen LogP) is 4.96. The Hall–Kier alpha value is -4.11. The lowest BCUT2D eigenvalue weighted by Crippen LogP contribution is -2.13. The highest BCUT2D eigenvalue weighted by molar-refractivity contribution is 6.09. The van der Waals surface area contributed by atoms with Crippen molar-refractivity contribution in [3.8, 4) is 17.6 Å². The van der Waals surface area contributed by atoms with E-state index in [4.69, 9.17) is 9.47 Å². The summed E-state index contributed by atoms with van der Waals surface area (Å²) in [4.78, 5) is 12.4. The first-order valence-electron chi connectivity index (χ1n) is 9.12. The molecule has 0 fully saturated rings. The van der Waals surface area contributed by atoms with Crippen LogP contribution in [0.5, 0.6) is 11.5 Å². The van der Waals surface area contributed by atoms with Gasteiger partial charge in [-0.2, -0.15) is 5.26 Å². The van der Waals surface area contributed by atoms with Gasteiger partial charge >= 0.3 is 0 Å². The van der Waals surface area contributed by atoms with Crippen LogP contribution in [0.4, 0.5) is 10.1 Å². The maximum Gasteiger partial charge on any atom is 0.266 e. The van der Waals surface area contributed by atoms with Crippen molar-refractivity contribution in [2.45, 2.75) is 6.61 Å². The Bertz CT molecular complexity index is 1080. The molecular weight excluding hydrogens is 383 g/mol. The molecule has 0 unspecified atom stereocenters. The Balaban J connectivity index is 1.64. The van der Waals surface area contributed by atoms with Crippen LogP contribution < -0.4 is 14.8 Å². The maximum atomic E-state index is 13.6. The van der Waals surface area contributed by atoms with Crippen LogP contribution in [-0.4, -0.2) is 13.0 Å². The van der Waals surface area contributed by atoms with Gasteiger partial charge in [0, 0.05) is 11.3 Å². The van der Waals surface area contributed by atoms with E-state index in [0.717, 1.165) is 0 Å². The van der Waals surface area contributed by atoms with Gasteiger partial charge in [0.1, 0.15) is 35.6 Å². The fraction of sp³-hybridized carbons (Fsp3) is 0.0833. The molecule has 0 heterocycles. The van der Waals surface area contributed by atoms with Crippen molar-refractivity contribution >= 4 is 17.7 Å². The van der Waals surface area contributed by atoms with E-state index in [1.165, 1.54) is 12.1 Å². The monoisotopic (exact) mass is 402 g/mol. The number of nitrogens with one attached hydrogen (secondary N) is 1. The van der Waals surface area contributed by atoms with Crippen LogP contribution in [0.2, 0.25) is 0 Å². The number of carbonyl (C=O) groups excluding carboxylic acids is 1. The molecule has 150 valence electrons. The molecule has 1 N–H and O–H groups in total. The number of benzene rings is 3. The highest BCUT2D eigenvalue weighted by atomic mass is 19.1. The summed E-state index contributed by atoms with van der Waals surface area (Å²) >= 11 is 0. The fourth-order valence-corrected chi connectivity index (χ4v) is 2.62. The van der Waals surface area contributed by atoms with Gasteiger partial charge in [0.25, 0.3) is 5.91 Å². The number of amides is 1. The standard InChI is InChI=1S/C24H19FN2O3/c1-29-21-12-8-20(9-13-21)27-24(28)19(15-26)14-17-6-10-22(11-7-17)30-16-18-4-2-3-5-23(18)25/h2-14H,16H2,1H3,(H,27,28)/b19-14-. The van der Waals surface area contributed by atoms with E-state index in [0.29, 0.717) is 28.3 Å². The molecule has 30 heavy (non-hydrogen) atoms. The molecule has 0 aliphatic heterocycles. The summed E-state index contributed by atoms with van der Waals surface area (Å²) in [5.74, 6) is 0.388. The Morgan fingerprint density at radius 2 is 1.70 bits per heavy atom. The summed E-state index contributed by atoms with van der Waals surface area (Å²) in [6, 6.07) is 22.0. The van der Waals surface area contributed by atoms with E-state index in [-0.39, 0.29) is 18.0 Å². The average molecular weight is 402 g/mol. The van der Waals surface area contributed by atoms with E-state index < -0.39 is 5.91 Å². The number of carbonyl (C=O) groups is 1. The SMILES string of the molecule is COc1ccc(NC(=O)/C(C#N)=C\c2ccc(OCc3ccccc3F)cc2)cc1. The van der Waals surface area contributed by atoms with Crippen LogP contribution in [-0.2, 0) is 11.4 Å². The normalized spacial score (nSPS) is 10.8. The molecule has 0 atom stereocenters. The number of hydrogen-bond acceptors (Lipinski definition) is 4. The second kappa shape index (κ2) is 9.89. The Kier molecular flexibility index (Phi) is 6.80. The summed E-state index contributed by atoms with van der Waals surface area (Å²) in [5, 5.41) is 12.0. The lowest BCUT2D eigenvalue weighted by Gasteiger charge is -2.08. The topological polar surface area (TPSA) is 71.3 Å². The lowest BCUT2D eigenvalue weighted by atomic mass is 10.1. The van der Waals surface area contributed by atoms with Gasteiger partial charge in [-0.3, -0.25) is 4.79 Å². The van der Waals surface area contributed by atoms with Crippen LogP contribution in [0.1, 0.15) is 11.1 Å². The van der Waals surface area contributed by atoms with Crippen molar-refractivity contribution < 1.29 is 18.7 Å². The molecule has 3 aromatic carbocycles. The smallest absolute Gasteiger partial charge is 0.266 e. The van der Waals surface area contributed by atoms with E-state index >= 15 is 0 Å². The zero-order valence-corrected chi connectivity index (χ0v) is 16.3. The average Bonchev–Trinajstić information content (AvgIpc) is 2.78. The van der Waals surface area contributed by atoms with Crippen LogP contribution in [0, 0.1) is 17.1 Å². The van der Waals surface area contributed by atoms with Gasteiger partial charge in [0.05, 0.1) is 7.11 Å². The Morgan fingerprint density at radius 3 is 2.33 bits per heavy atom. The lowest BCUT2D eigenvalue weighted by molar-refractivity contribution is -0.112. The molecule has 0 aromatic heterocycles. The van der Waals surface area contributed by atoms with Crippen molar-refractivity contribution in [2.75, 3.05) is 12.4 Å². The van der Waals surface area contributed by atoms with Gasteiger partial charge in [-0.15, -0.1) is 0 Å². The summed E-state index contributed by atoms with van der Waals surface area (Å²) in [5.41, 5.74) is 1.64. The fourth-order valence-electron chi connectivity index (χ4n) is 2.62. The first-order valence-corrected chi connectivity index (χ1v) is 9.12. The van der Waals surface area contributed by atoms with E-state index in [9.17, 15) is 14.4 Å². The van der Waals surface area contributed by atoms with Crippen LogP contribution in [0.3, 0.4) is 0 Å². The third-order valence-corrected chi connectivity index (χ3v) is 4.26. The van der Waals surface area contributed by atoms with Crippen LogP contribution in [0.15, 0.2) is 78.4 Å². The molecule has 5 nitrogen and oxygen atoms in total. The van der Waals surface area contributed by atoms with Gasteiger partial charge in [-0.1, -0.05) is 30.3 Å². The second-order valence-corrected chi connectivity index (χ2v) is 6.30. The molecule has 0 bridgehead atoms. The van der Waals surface area contributed by atoms with E-state index in [1.807, 2.05) is 6.07 Å². The molecule has 0 saturated carbocycles. The van der Waals surface area contributed by atoms with Gasteiger partial charge in [-0.25, -0.2) is 4.39 Å². The highest BCUT2D eigenvalue weighted by Gasteiger charge is 2.10. The Morgan fingerprint density at radius 1 is 1.03 bits per heavy atom. The van der Waals surface area contributed by atoms with Crippen molar-refractivity contribution in [2.24, 2.45) is 0 Å². The first-order chi connectivity index (χ1) is 14.6. The molecule has 0 aliphatic rings. The molecule has 6 heteroatoms. The number of nitriles is 1. The minimum Gasteiger partial charge on any atom is -0.497 e. The molecule has 0 saturated heterocycles. The zero-order chi connectivity index (χ0) is 21.3. The van der Waals surface area contributed by atoms with E-state index in [2.05, 4.69) is 5.32 Å². The molecule has 0 spiro atoms. The van der Waals surface area contributed by atoms with Crippen molar-refractivity contribution in [3.05, 3.63) is 95.3 Å². The van der Waals surface area contributed by atoms with Crippen LogP contribution in [0.25, 0.3) is 6.08 Å². The van der Waals surface area contributed by atoms with Gasteiger partial charge in [-0.05, 0) is 54.1 Å². The maximum absolute atomic E-state index is 13.6. The number of ether oxygens (including phenoxy) is 2. The third kappa shape index (κ3) is 5.46. The molecule has 0 radical (unpaired) electrons. The molecular formula is C24H19FN2O3. The number of nitrogens with zero attached hydrogens (tertiary/aromatic N) is 1. The number of hydrogen-bond donors (Lipinski definition) is 1. The van der Waals surface area contributed by atoms with Crippen molar-refractivity contribution in [1.82, 2.24) is 0 Å². The first kappa shape index (κ1) is 20.6. The van der Waals surface area contributed by atoms with Crippen molar-refractivity contribution in [3.63, 3.8) is 0 Å². The number of anilines is 1. The molecule has 1 amide bonds. The number of methoxy groups -OCH3 is 1. The summed E-state index contributed by atoms with van der Waals surface area (Å²) < 4.78 is 24.3. The van der Waals surface area contributed by atoms with Gasteiger partial charge in [0.2, 0.25) is 0 Å². The summed E-state index contributed by atoms with van der Waals surface area (Å²) in [6.07, 6.45) is 1.49. The minimum atomic E-state index is -0.512. The molecule has 3 rings (SSSR count). The minimum absolute atomic E-state index is 0.0363. The predicted molar refractivity (Wildman–Crippen MR) is 112 cm³/mol. The molecule has 3 aromatic rings. The van der Waals surface area contributed by atoms with Crippen molar-refractivity contribution in [1.29, 1.82) is 5.26 Å².